The Hall–Kier alpha value is -1.72. The summed E-state index contributed by atoms with van der Waals surface area (Å²) in [7, 11) is 1.44. The van der Waals surface area contributed by atoms with Gasteiger partial charge in [-0.25, -0.2) is 4.98 Å². The minimum absolute atomic E-state index is 0.0304. The molecule has 0 aliphatic carbocycles. The third-order valence-corrected chi connectivity index (χ3v) is 1.37. The maximum Gasteiger partial charge on any atom is 0.335 e. The number of methoxy groups -OCH3 is 1. The predicted molar refractivity (Wildman–Crippen MR) is 42.3 cm³/mol. The van der Waals surface area contributed by atoms with Crippen molar-refractivity contribution in [1.82, 2.24) is 15.2 Å². The van der Waals surface area contributed by atoms with Gasteiger partial charge >= 0.3 is 12.0 Å². The lowest BCUT2D eigenvalue weighted by Crippen LogP contribution is -2.02. The smallest absolute Gasteiger partial charge is 0.335 e. The first kappa shape index (κ1) is 9.37. The molecule has 0 unspecified atom stereocenters. The van der Waals surface area contributed by atoms with Crippen LogP contribution in [0, 0.1) is 0 Å². The zero-order valence-corrected chi connectivity index (χ0v) is 7.10. The van der Waals surface area contributed by atoms with Crippen LogP contribution in [0.3, 0.4) is 0 Å². The van der Waals surface area contributed by atoms with E-state index in [0.717, 1.165) is 0 Å². The first-order valence-electron chi connectivity index (χ1n) is 3.66. The molecule has 0 spiro atoms. The summed E-state index contributed by atoms with van der Waals surface area (Å²) in [6.07, 6.45) is 1.82. The second kappa shape index (κ2) is 4.34. The highest BCUT2D eigenvalue weighted by Crippen LogP contribution is 2.00. The molecule has 0 radical (unpaired) electrons. The van der Waals surface area contributed by atoms with Crippen LogP contribution in [0.5, 0.6) is 6.01 Å². The van der Waals surface area contributed by atoms with E-state index in [9.17, 15) is 4.79 Å². The van der Waals surface area contributed by atoms with Gasteiger partial charge in [-0.2, -0.15) is 0 Å². The number of carboxylic acid groups (broad SMARTS) is 1. The number of aromatic nitrogens is 3. The van der Waals surface area contributed by atoms with Crippen molar-refractivity contribution in [1.29, 1.82) is 0 Å². The van der Waals surface area contributed by atoms with Crippen LogP contribution in [-0.2, 0) is 11.2 Å². The summed E-state index contributed by atoms with van der Waals surface area (Å²) in [5.41, 5.74) is 0.545. The largest absolute Gasteiger partial charge is 0.481 e. The Morgan fingerprint density at radius 2 is 2.38 bits per heavy atom. The normalized spacial score (nSPS) is 9.62. The molecule has 0 aliphatic rings. The minimum Gasteiger partial charge on any atom is -0.481 e. The SMILES string of the molecule is COc1ncc(CCC(=O)O)nn1. The van der Waals surface area contributed by atoms with Gasteiger partial charge in [0.2, 0.25) is 0 Å². The van der Waals surface area contributed by atoms with Crippen molar-refractivity contribution in [2.45, 2.75) is 12.8 Å². The van der Waals surface area contributed by atoms with E-state index >= 15 is 0 Å². The summed E-state index contributed by atoms with van der Waals surface area (Å²) in [4.78, 5) is 14.0. The topological polar surface area (TPSA) is 85.2 Å². The van der Waals surface area contributed by atoms with E-state index in [2.05, 4.69) is 15.2 Å². The van der Waals surface area contributed by atoms with Gasteiger partial charge < -0.3 is 9.84 Å². The Morgan fingerprint density at radius 3 is 2.85 bits per heavy atom. The summed E-state index contributed by atoms with van der Waals surface area (Å²) in [6.45, 7) is 0. The van der Waals surface area contributed by atoms with Crippen LogP contribution in [0.25, 0.3) is 0 Å². The van der Waals surface area contributed by atoms with E-state index in [1.54, 1.807) is 0 Å². The van der Waals surface area contributed by atoms with E-state index < -0.39 is 5.97 Å². The molecule has 0 fully saturated rings. The summed E-state index contributed by atoms with van der Waals surface area (Å²) in [6, 6.07) is 0.180. The van der Waals surface area contributed by atoms with Crippen LogP contribution in [0.2, 0.25) is 0 Å². The number of carbonyl (C=O) groups is 1. The van der Waals surface area contributed by atoms with Gasteiger partial charge in [0.1, 0.15) is 0 Å². The number of ether oxygens (including phenoxy) is 1. The number of aliphatic carboxylic acids is 1. The third-order valence-electron chi connectivity index (χ3n) is 1.37. The molecule has 1 N–H and O–H groups in total. The average molecular weight is 183 g/mol. The summed E-state index contributed by atoms with van der Waals surface area (Å²) in [5.74, 6) is -0.863. The minimum atomic E-state index is -0.863. The quantitative estimate of drug-likeness (QED) is 0.701. The van der Waals surface area contributed by atoms with Crippen LogP contribution in [0.4, 0.5) is 0 Å². The van der Waals surface area contributed by atoms with Gasteiger partial charge in [0.05, 0.1) is 25.4 Å². The molecule has 1 rings (SSSR count). The van der Waals surface area contributed by atoms with E-state index in [4.69, 9.17) is 9.84 Å². The highest BCUT2D eigenvalue weighted by Gasteiger charge is 2.02. The highest BCUT2D eigenvalue weighted by molar-refractivity contribution is 5.66. The van der Waals surface area contributed by atoms with Crippen LogP contribution in [0.1, 0.15) is 12.1 Å². The molecule has 13 heavy (non-hydrogen) atoms. The fraction of sp³-hybridized carbons (Fsp3) is 0.429. The fourth-order valence-corrected chi connectivity index (χ4v) is 0.731. The molecule has 1 aromatic rings. The second-order valence-corrected chi connectivity index (χ2v) is 2.33. The number of hydrogen-bond acceptors (Lipinski definition) is 5. The molecule has 0 amide bonds. The maximum atomic E-state index is 10.2. The van der Waals surface area contributed by atoms with Gasteiger partial charge in [0.15, 0.2) is 0 Å². The van der Waals surface area contributed by atoms with E-state index in [1.807, 2.05) is 0 Å². The number of aryl methyl sites for hydroxylation is 1. The molecule has 1 heterocycles. The van der Waals surface area contributed by atoms with Crippen molar-refractivity contribution in [3.05, 3.63) is 11.9 Å². The first-order chi connectivity index (χ1) is 6.22. The first-order valence-corrected chi connectivity index (χ1v) is 3.66. The Bertz CT molecular complexity index is 286. The zero-order chi connectivity index (χ0) is 9.68. The van der Waals surface area contributed by atoms with E-state index in [0.29, 0.717) is 12.1 Å². The van der Waals surface area contributed by atoms with Crippen LogP contribution >= 0.6 is 0 Å². The summed E-state index contributed by atoms with van der Waals surface area (Å²) >= 11 is 0. The molecule has 0 atom stereocenters. The van der Waals surface area contributed by atoms with Crippen molar-refractivity contribution in [2.24, 2.45) is 0 Å². The number of hydrogen-bond donors (Lipinski definition) is 1. The van der Waals surface area contributed by atoms with E-state index in [1.165, 1.54) is 13.3 Å². The molecular weight excluding hydrogens is 174 g/mol. The maximum absolute atomic E-state index is 10.2. The Balaban J connectivity index is 2.54. The Morgan fingerprint density at radius 1 is 1.62 bits per heavy atom. The summed E-state index contributed by atoms with van der Waals surface area (Å²) in [5, 5.41) is 15.7. The lowest BCUT2D eigenvalue weighted by molar-refractivity contribution is -0.136. The Kier molecular flexibility index (Phi) is 3.13. The van der Waals surface area contributed by atoms with Gasteiger partial charge in [0, 0.05) is 6.42 Å². The van der Waals surface area contributed by atoms with Gasteiger partial charge in [-0.05, 0) is 0 Å². The lowest BCUT2D eigenvalue weighted by Gasteiger charge is -1.97. The van der Waals surface area contributed by atoms with Crippen molar-refractivity contribution < 1.29 is 14.6 Å². The second-order valence-electron chi connectivity index (χ2n) is 2.33. The van der Waals surface area contributed by atoms with Gasteiger partial charge in [-0.3, -0.25) is 4.79 Å². The molecule has 70 valence electrons. The van der Waals surface area contributed by atoms with Crippen LogP contribution < -0.4 is 4.74 Å². The molecule has 0 aromatic carbocycles. The third kappa shape index (κ3) is 3.02. The van der Waals surface area contributed by atoms with E-state index in [-0.39, 0.29) is 12.4 Å². The molecule has 6 nitrogen and oxygen atoms in total. The van der Waals surface area contributed by atoms with Crippen molar-refractivity contribution in [2.75, 3.05) is 7.11 Å². The zero-order valence-electron chi connectivity index (χ0n) is 7.10. The average Bonchev–Trinajstić information content (AvgIpc) is 2.15. The predicted octanol–water partition coefficient (Wildman–Crippen LogP) is -0.103. The number of rotatable bonds is 4. The lowest BCUT2D eigenvalue weighted by atomic mass is 10.2. The summed E-state index contributed by atoms with van der Waals surface area (Å²) < 4.78 is 4.69. The van der Waals surface area contributed by atoms with Crippen molar-refractivity contribution in [3.63, 3.8) is 0 Å². The van der Waals surface area contributed by atoms with Crippen LogP contribution in [0.15, 0.2) is 6.20 Å². The Labute approximate surface area is 74.6 Å². The van der Waals surface area contributed by atoms with Gasteiger partial charge in [-0.15, -0.1) is 5.10 Å². The standard InChI is InChI=1S/C7H9N3O3/c1-13-7-8-4-5(9-10-7)2-3-6(11)12/h4H,2-3H2,1H3,(H,11,12). The molecule has 0 aliphatic heterocycles. The molecule has 0 saturated carbocycles. The van der Waals surface area contributed by atoms with Gasteiger partial charge in [-0.1, -0.05) is 5.10 Å². The number of carboxylic acids is 1. The number of nitrogens with zero attached hydrogens (tertiary/aromatic N) is 3. The van der Waals surface area contributed by atoms with Crippen molar-refractivity contribution in [3.8, 4) is 6.01 Å². The monoisotopic (exact) mass is 183 g/mol. The van der Waals surface area contributed by atoms with Gasteiger partial charge in [0.25, 0.3) is 0 Å². The molecule has 0 bridgehead atoms. The fourth-order valence-electron chi connectivity index (χ4n) is 0.731. The molecular formula is C7H9N3O3. The highest BCUT2D eigenvalue weighted by atomic mass is 16.5. The molecule has 1 aromatic heterocycles. The molecule has 0 saturated heterocycles. The van der Waals surface area contributed by atoms with Crippen LogP contribution in [-0.4, -0.2) is 33.4 Å². The molecule has 6 heteroatoms. The van der Waals surface area contributed by atoms with Crippen molar-refractivity contribution >= 4 is 5.97 Å².